The van der Waals surface area contributed by atoms with Gasteiger partial charge in [-0.3, -0.25) is 13.9 Å². The van der Waals surface area contributed by atoms with Crippen LogP contribution in [0.25, 0.3) is 10.2 Å². The fraction of sp³-hybridized carbons (Fsp3) is 0.588. The van der Waals surface area contributed by atoms with Gasteiger partial charge in [0.2, 0.25) is 0 Å². The maximum Gasteiger partial charge on any atom is 0.332 e. The predicted octanol–water partition coefficient (Wildman–Crippen LogP) is -2.03. The first-order valence-corrected chi connectivity index (χ1v) is 9.33. The number of carbonyl (C=O) groups excluding carboxylic acids is 1. The molecule has 1 aliphatic heterocycles. The standard InChI is InChI=1S/C17H23N3O5S/c1-17(2)7-10-11(9-25-17)26-15-13(10)14(23)20(8-12(21)22)16(24)19(15)6-5-18(3)4/h5-9H2,1-4H3,(H,21,22). The molecule has 0 saturated heterocycles. The van der Waals surface area contributed by atoms with Crippen LogP contribution < -0.4 is 21.3 Å². The number of aliphatic carboxylic acids is 1. The molecule has 26 heavy (non-hydrogen) atoms. The average Bonchev–Trinajstić information content (AvgIpc) is 2.88. The maximum atomic E-state index is 12.9. The van der Waals surface area contributed by atoms with Gasteiger partial charge >= 0.3 is 5.69 Å². The highest BCUT2D eigenvalue weighted by molar-refractivity contribution is 7.18. The molecule has 0 fully saturated rings. The number of nitrogens with one attached hydrogen (secondary N) is 1. The van der Waals surface area contributed by atoms with Crippen LogP contribution >= 0.6 is 11.3 Å². The van der Waals surface area contributed by atoms with Crippen LogP contribution in [0.1, 0.15) is 24.3 Å². The fourth-order valence-electron chi connectivity index (χ4n) is 3.21. The van der Waals surface area contributed by atoms with Gasteiger partial charge in [-0.15, -0.1) is 11.3 Å². The lowest BCUT2D eigenvalue weighted by Crippen LogP contribution is -3.06. The van der Waals surface area contributed by atoms with Crippen molar-refractivity contribution >= 4 is 27.5 Å². The summed E-state index contributed by atoms with van der Waals surface area (Å²) in [5, 5.41) is 11.5. The minimum atomic E-state index is -1.46. The number of fused-ring (bicyclic) bond motifs is 3. The van der Waals surface area contributed by atoms with E-state index in [1.807, 2.05) is 27.9 Å². The van der Waals surface area contributed by atoms with Gasteiger partial charge in [-0.2, -0.15) is 0 Å². The molecule has 142 valence electrons. The molecule has 0 aliphatic carbocycles. The van der Waals surface area contributed by atoms with Crippen molar-refractivity contribution in [2.24, 2.45) is 0 Å². The third-order valence-electron chi connectivity index (χ3n) is 4.56. The van der Waals surface area contributed by atoms with Gasteiger partial charge in [0.15, 0.2) is 0 Å². The molecular formula is C17H23N3O5S. The van der Waals surface area contributed by atoms with Gasteiger partial charge in [-0.1, -0.05) is 0 Å². The summed E-state index contributed by atoms with van der Waals surface area (Å²) in [6.45, 7) is 4.61. The Bertz CT molecular complexity index is 983. The molecule has 1 aliphatic rings. The van der Waals surface area contributed by atoms with Crippen LogP contribution in [-0.4, -0.2) is 41.3 Å². The Morgan fingerprint density at radius 2 is 2.00 bits per heavy atom. The summed E-state index contributed by atoms with van der Waals surface area (Å²) in [5.74, 6) is -1.46. The average molecular weight is 381 g/mol. The molecular weight excluding hydrogens is 358 g/mol. The van der Waals surface area contributed by atoms with Crippen LogP contribution in [0.2, 0.25) is 0 Å². The van der Waals surface area contributed by atoms with E-state index in [-0.39, 0.29) is 0 Å². The summed E-state index contributed by atoms with van der Waals surface area (Å²) in [5.41, 5.74) is -0.713. The van der Waals surface area contributed by atoms with E-state index in [0.29, 0.717) is 36.3 Å². The lowest BCUT2D eigenvalue weighted by Gasteiger charge is -2.29. The van der Waals surface area contributed by atoms with Crippen LogP contribution in [0, 0.1) is 0 Å². The van der Waals surface area contributed by atoms with E-state index in [1.54, 1.807) is 0 Å². The van der Waals surface area contributed by atoms with Gasteiger partial charge in [0.25, 0.3) is 5.56 Å². The van der Waals surface area contributed by atoms with Gasteiger partial charge in [0, 0.05) is 11.3 Å². The second kappa shape index (κ2) is 6.64. The number of aromatic nitrogens is 2. The van der Waals surface area contributed by atoms with Gasteiger partial charge in [0.1, 0.15) is 4.83 Å². The highest BCUT2D eigenvalue weighted by Gasteiger charge is 2.32. The number of ether oxygens (including phenoxy) is 1. The molecule has 0 unspecified atom stereocenters. The van der Waals surface area contributed by atoms with Crippen molar-refractivity contribution in [3.63, 3.8) is 0 Å². The third kappa shape index (κ3) is 3.34. The number of thiophene rings is 1. The predicted molar refractivity (Wildman–Crippen MR) is 95.6 cm³/mol. The number of quaternary nitrogens is 1. The number of hydrogen-bond acceptors (Lipinski definition) is 6. The van der Waals surface area contributed by atoms with Gasteiger partial charge in [-0.05, 0) is 19.4 Å². The number of carboxylic acid groups (broad SMARTS) is 1. The molecule has 0 radical (unpaired) electrons. The van der Waals surface area contributed by atoms with Crippen LogP contribution in [0.5, 0.6) is 0 Å². The second-order valence-corrected chi connectivity index (χ2v) is 8.65. The first kappa shape index (κ1) is 18.8. The lowest BCUT2D eigenvalue weighted by atomic mass is 9.94. The summed E-state index contributed by atoms with van der Waals surface area (Å²) >= 11 is 1.39. The molecule has 9 heteroatoms. The van der Waals surface area contributed by atoms with E-state index in [4.69, 9.17) is 4.74 Å². The number of hydrogen-bond donors (Lipinski definition) is 1. The van der Waals surface area contributed by atoms with Crippen LogP contribution in [0.4, 0.5) is 0 Å². The summed E-state index contributed by atoms with van der Waals surface area (Å²) in [6.07, 6.45) is 0.542. The van der Waals surface area contributed by atoms with Crippen molar-refractivity contribution in [2.45, 2.75) is 45.6 Å². The highest BCUT2D eigenvalue weighted by atomic mass is 32.1. The smallest absolute Gasteiger partial charge is 0.332 e. The molecule has 2 aromatic rings. The molecule has 3 rings (SSSR count). The van der Waals surface area contributed by atoms with E-state index < -0.39 is 29.4 Å². The van der Waals surface area contributed by atoms with Crippen LogP contribution in [-0.2, 0) is 35.6 Å². The van der Waals surface area contributed by atoms with Crippen LogP contribution in [0.15, 0.2) is 9.59 Å². The Morgan fingerprint density at radius 1 is 1.31 bits per heavy atom. The summed E-state index contributed by atoms with van der Waals surface area (Å²) < 4.78 is 8.12. The maximum absolute atomic E-state index is 12.9. The molecule has 0 aromatic carbocycles. The Labute approximate surface area is 154 Å². The van der Waals surface area contributed by atoms with Gasteiger partial charge in [0.05, 0.1) is 57.3 Å². The normalized spacial score (nSPS) is 16.2. The zero-order valence-corrected chi connectivity index (χ0v) is 16.2. The Morgan fingerprint density at radius 3 is 2.62 bits per heavy atom. The Kier molecular flexibility index (Phi) is 4.80. The zero-order chi connectivity index (χ0) is 19.2. The van der Waals surface area contributed by atoms with Gasteiger partial charge in [-0.25, -0.2) is 4.79 Å². The Balaban J connectivity index is 2.31. The molecule has 8 nitrogen and oxygen atoms in total. The quantitative estimate of drug-likeness (QED) is 0.644. The fourth-order valence-corrected chi connectivity index (χ4v) is 4.45. The van der Waals surface area contributed by atoms with Crippen molar-refractivity contribution in [3.8, 4) is 0 Å². The number of carboxylic acids is 1. The third-order valence-corrected chi connectivity index (χ3v) is 5.79. The monoisotopic (exact) mass is 381 g/mol. The summed E-state index contributed by atoms with van der Waals surface area (Å²) in [6, 6.07) is 0. The van der Waals surface area contributed by atoms with Crippen molar-refractivity contribution < 1.29 is 19.5 Å². The van der Waals surface area contributed by atoms with Crippen molar-refractivity contribution in [2.75, 3.05) is 20.6 Å². The molecule has 0 atom stereocenters. The zero-order valence-electron chi connectivity index (χ0n) is 15.4. The highest BCUT2D eigenvalue weighted by Crippen LogP contribution is 2.37. The lowest BCUT2D eigenvalue weighted by molar-refractivity contribution is -0.858. The van der Waals surface area contributed by atoms with E-state index >= 15 is 0 Å². The second-order valence-electron chi connectivity index (χ2n) is 7.56. The number of carbonyl (C=O) groups is 1. The number of nitrogens with zero attached hydrogens (tertiary/aromatic N) is 2. The molecule has 1 N–H and O–H groups in total. The van der Waals surface area contributed by atoms with Crippen molar-refractivity contribution in [1.82, 2.24) is 9.13 Å². The van der Waals surface area contributed by atoms with Crippen LogP contribution in [0.3, 0.4) is 0 Å². The number of rotatable bonds is 5. The van der Waals surface area contributed by atoms with E-state index in [2.05, 4.69) is 0 Å². The topological polar surface area (TPSA) is 97.8 Å². The van der Waals surface area contributed by atoms with Gasteiger partial charge < -0.3 is 19.5 Å². The minimum absolute atomic E-state index is 0.384. The van der Waals surface area contributed by atoms with E-state index in [9.17, 15) is 19.5 Å². The molecule has 0 spiro atoms. The molecule has 0 bridgehead atoms. The van der Waals surface area contributed by atoms with Crippen molar-refractivity contribution in [1.29, 1.82) is 0 Å². The van der Waals surface area contributed by atoms with Crippen molar-refractivity contribution in [3.05, 3.63) is 31.3 Å². The SMILES string of the molecule is C[NH+](C)CCn1c(=O)n(CC(=O)[O-])c(=O)c2c3c(sc21)COC(C)(C)C3. The first-order valence-electron chi connectivity index (χ1n) is 8.51. The minimum Gasteiger partial charge on any atom is -0.548 e. The summed E-state index contributed by atoms with van der Waals surface area (Å²) in [7, 11) is 3.93. The molecule has 2 aromatic heterocycles. The Hall–Kier alpha value is -1.97. The molecule has 0 saturated carbocycles. The molecule has 3 heterocycles. The summed E-state index contributed by atoms with van der Waals surface area (Å²) in [4.78, 5) is 39.5. The van der Waals surface area contributed by atoms with E-state index in [1.165, 1.54) is 15.9 Å². The first-order chi connectivity index (χ1) is 12.1. The molecule has 0 amide bonds. The number of likely N-dealkylation sites (N-methyl/N-ethyl adjacent to an activating group) is 1. The van der Waals surface area contributed by atoms with E-state index in [0.717, 1.165) is 19.9 Å². The largest absolute Gasteiger partial charge is 0.548 e.